The molecule has 1 fully saturated rings. The molecule has 1 heterocycles. The Bertz CT molecular complexity index is 1940. The van der Waals surface area contributed by atoms with Gasteiger partial charge in [-0.15, -0.1) is 0 Å². The third-order valence-electron chi connectivity index (χ3n) is 9.85. The number of non-ortho nitro benzene ring substituents is 2. The summed E-state index contributed by atoms with van der Waals surface area (Å²) >= 11 is 0. The summed E-state index contributed by atoms with van der Waals surface area (Å²) in [5, 5.41) is 63.3. The summed E-state index contributed by atoms with van der Waals surface area (Å²) in [5.74, 6) is 0. The molecule has 0 atom stereocenters. The van der Waals surface area contributed by atoms with Crippen molar-refractivity contribution in [3.63, 3.8) is 0 Å². The predicted octanol–water partition coefficient (Wildman–Crippen LogP) is 8.20. The number of nitro benzene ring substituents is 6. The highest BCUT2D eigenvalue weighted by Crippen LogP contribution is 2.38. The Labute approximate surface area is 369 Å². The molecule has 26 nitrogen and oxygen atoms in total. The molecule has 3 rings (SSSR count). The van der Waals surface area contributed by atoms with Gasteiger partial charge < -0.3 is 9.80 Å². The lowest BCUT2D eigenvalue weighted by molar-refractivity contribution is -0.407. The van der Waals surface area contributed by atoms with E-state index in [0.29, 0.717) is 0 Å². The van der Waals surface area contributed by atoms with Gasteiger partial charge in [-0.2, -0.15) is 16.8 Å². The van der Waals surface area contributed by atoms with E-state index >= 15 is 0 Å². The SMILES string of the molecule is CCCCN(CCCC)CCCCCCCCCCCN1CCCCC1.O=[N+]([O-])c1cc([N+](=O)[O-])c(S(=O)(=O)O)c([N+](=O)[O-])c1.O=[N+]([O-])c1cc([N+](=O)[O-])c(S(=O)(=O)O)c([N+](=O)[O-])c1. The van der Waals surface area contributed by atoms with E-state index in [9.17, 15) is 77.5 Å². The maximum atomic E-state index is 10.9. The molecule has 0 bridgehead atoms. The van der Waals surface area contributed by atoms with Gasteiger partial charge in [-0.1, -0.05) is 78.1 Å². The van der Waals surface area contributed by atoms with Crippen molar-refractivity contribution in [1.82, 2.24) is 9.80 Å². The minimum Gasteiger partial charge on any atom is -0.303 e. The molecular weight excluding hydrogens is 897 g/mol. The summed E-state index contributed by atoms with van der Waals surface area (Å²) in [6, 6.07) is 0.818. The van der Waals surface area contributed by atoms with Crippen molar-refractivity contribution in [3.8, 4) is 0 Å². The van der Waals surface area contributed by atoms with Gasteiger partial charge in [0.1, 0.15) is 0 Å². The van der Waals surface area contributed by atoms with Gasteiger partial charge in [0.15, 0.2) is 0 Å². The Morgan fingerprint density at radius 1 is 0.484 bits per heavy atom. The molecule has 0 unspecified atom stereocenters. The smallest absolute Gasteiger partial charge is 0.303 e. The van der Waals surface area contributed by atoms with E-state index in [1.54, 1.807) is 0 Å². The summed E-state index contributed by atoms with van der Waals surface area (Å²) in [4.78, 5) is 57.6. The first-order valence-electron chi connectivity index (χ1n) is 20.6. The van der Waals surface area contributed by atoms with Crippen LogP contribution in [0.5, 0.6) is 0 Å². The Hall–Kier alpha value is -5.42. The van der Waals surface area contributed by atoms with E-state index in [2.05, 4.69) is 23.6 Å². The zero-order valence-corrected chi connectivity index (χ0v) is 37.3. The van der Waals surface area contributed by atoms with Crippen molar-refractivity contribution in [2.75, 3.05) is 39.3 Å². The normalized spacial score (nSPS) is 13.0. The van der Waals surface area contributed by atoms with E-state index in [1.807, 2.05) is 0 Å². The molecule has 0 saturated carbocycles. The lowest BCUT2D eigenvalue weighted by Crippen LogP contribution is -2.30. The van der Waals surface area contributed by atoms with Crippen LogP contribution in [0.15, 0.2) is 34.1 Å². The Morgan fingerprint density at radius 3 is 1.06 bits per heavy atom. The number of hydrogen-bond donors (Lipinski definition) is 2. The van der Waals surface area contributed by atoms with Crippen LogP contribution < -0.4 is 0 Å². The highest BCUT2D eigenvalue weighted by atomic mass is 32.2. The van der Waals surface area contributed by atoms with Crippen LogP contribution >= 0.6 is 0 Å². The summed E-state index contributed by atoms with van der Waals surface area (Å²) in [5.41, 5.74) is -7.92. The number of rotatable bonds is 26. The third-order valence-corrected chi connectivity index (χ3v) is 11.7. The molecule has 0 spiro atoms. The number of piperidine rings is 1. The Morgan fingerprint density at radius 2 is 0.781 bits per heavy atom. The molecule has 1 aliphatic rings. The number of unbranched alkanes of at least 4 members (excludes halogenated alkanes) is 10. The second kappa shape index (κ2) is 28.4. The number of likely N-dealkylation sites (tertiary alicyclic amines) is 1. The van der Waals surface area contributed by atoms with Gasteiger partial charge in [0.25, 0.3) is 11.4 Å². The maximum absolute atomic E-state index is 10.9. The summed E-state index contributed by atoms with van der Waals surface area (Å²) in [7, 11) is -10.6. The first-order valence-corrected chi connectivity index (χ1v) is 23.5. The molecule has 360 valence electrons. The molecule has 2 N–H and O–H groups in total. The average Bonchev–Trinajstić information content (AvgIpc) is 3.22. The van der Waals surface area contributed by atoms with E-state index in [4.69, 9.17) is 9.11 Å². The molecule has 64 heavy (non-hydrogen) atoms. The summed E-state index contributed by atoms with van der Waals surface area (Å²) < 4.78 is 61.3. The van der Waals surface area contributed by atoms with Crippen LogP contribution in [0.3, 0.4) is 0 Å². The molecule has 28 heteroatoms. The van der Waals surface area contributed by atoms with Gasteiger partial charge in [-0.25, -0.2) is 0 Å². The lowest BCUT2D eigenvalue weighted by atomic mass is 10.1. The van der Waals surface area contributed by atoms with Crippen LogP contribution in [0, 0.1) is 60.7 Å². The molecule has 2 aromatic rings. The molecule has 0 aromatic heterocycles. The van der Waals surface area contributed by atoms with E-state index < -0.39 is 93.7 Å². The standard InChI is InChI=1S/C24H50N2.2C6H3N3O9S/c1-3-5-19-25(20-6-4-2)21-15-12-10-8-7-9-11-13-16-22-26-23-17-14-18-24-26;2*10-7(11)3-1-4(8(12)13)6(19(16,17)18)5(2-3)9(14)15/h3-24H2,1-2H3;2*1-2H,(H,16,17,18). The molecule has 0 radical (unpaired) electrons. The highest BCUT2D eigenvalue weighted by molar-refractivity contribution is 7.86. The minimum atomic E-state index is -5.30. The fourth-order valence-corrected chi connectivity index (χ4v) is 8.23. The number of nitro groups is 6. The van der Waals surface area contributed by atoms with Crippen LogP contribution in [0.4, 0.5) is 34.1 Å². The molecule has 2 aromatic carbocycles. The summed E-state index contributed by atoms with van der Waals surface area (Å²) in [6.07, 6.45) is 22.9. The minimum absolute atomic E-state index is 0.204. The van der Waals surface area contributed by atoms with Gasteiger partial charge in [0.05, 0.1) is 53.8 Å². The van der Waals surface area contributed by atoms with Crippen molar-refractivity contribution in [2.45, 2.75) is 126 Å². The van der Waals surface area contributed by atoms with Crippen molar-refractivity contribution in [1.29, 1.82) is 0 Å². The van der Waals surface area contributed by atoms with E-state index in [1.165, 1.54) is 142 Å². The second-order valence-corrected chi connectivity index (χ2v) is 17.5. The van der Waals surface area contributed by atoms with Crippen molar-refractivity contribution in [3.05, 3.63) is 85.0 Å². The lowest BCUT2D eigenvalue weighted by Gasteiger charge is -2.26. The monoisotopic (exact) mass is 952 g/mol. The third kappa shape index (κ3) is 20.4. The fourth-order valence-electron chi connectivity index (χ4n) is 6.64. The largest absolute Gasteiger partial charge is 0.308 e. The first-order chi connectivity index (χ1) is 30.0. The van der Waals surface area contributed by atoms with Crippen LogP contribution in [-0.2, 0) is 20.2 Å². The van der Waals surface area contributed by atoms with Crippen molar-refractivity contribution in [2.24, 2.45) is 0 Å². The summed E-state index contributed by atoms with van der Waals surface area (Å²) in [6.45, 7) is 12.7. The fraction of sp³-hybridized carbons (Fsp3) is 0.667. The molecule has 0 aliphatic carbocycles. The topological polar surface area (TPSA) is 374 Å². The van der Waals surface area contributed by atoms with Crippen LogP contribution in [0.1, 0.15) is 117 Å². The Kier molecular flexibility index (Phi) is 25.1. The molecular formula is C36H56N8O18S2. The van der Waals surface area contributed by atoms with Gasteiger partial charge in [-0.3, -0.25) is 69.8 Å². The highest BCUT2D eigenvalue weighted by Gasteiger charge is 2.39. The number of benzene rings is 2. The molecule has 0 amide bonds. The van der Waals surface area contributed by atoms with Gasteiger partial charge >= 0.3 is 43.0 Å². The van der Waals surface area contributed by atoms with E-state index in [-0.39, 0.29) is 24.3 Å². The average molecular weight is 953 g/mol. The van der Waals surface area contributed by atoms with Crippen LogP contribution in [-0.4, -0.2) is 105 Å². The molecule has 1 saturated heterocycles. The second-order valence-electron chi connectivity index (χ2n) is 14.8. The van der Waals surface area contributed by atoms with Gasteiger partial charge in [0.2, 0.25) is 9.79 Å². The Balaban J connectivity index is 0.000000489. The van der Waals surface area contributed by atoms with E-state index in [0.717, 1.165) is 0 Å². The zero-order chi connectivity index (χ0) is 48.6. The van der Waals surface area contributed by atoms with Crippen molar-refractivity contribution >= 4 is 54.4 Å². The first kappa shape index (κ1) is 56.6. The van der Waals surface area contributed by atoms with Gasteiger partial charge in [-0.05, 0) is 77.8 Å². The van der Waals surface area contributed by atoms with Crippen LogP contribution in [0.2, 0.25) is 0 Å². The predicted molar refractivity (Wildman–Crippen MR) is 231 cm³/mol. The maximum Gasteiger partial charge on any atom is 0.308 e. The quantitative estimate of drug-likeness (QED) is 0.0388. The van der Waals surface area contributed by atoms with Crippen LogP contribution in [0.25, 0.3) is 0 Å². The zero-order valence-electron chi connectivity index (χ0n) is 35.7. The molecule has 1 aliphatic heterocycles. The van der Waals surface area contributed by atoms with Crippen molar-refractivity contribution < 1.29 is 55.5 Å². The number of hydrogen-bond acceptors (Lipinski definition) is 18. The van der Waals surface area contributed by atoms with Gasteiger partial charge in [0, 0.05) is 0 Å². The number of nitrogens with zero attached hydrogens (tertiary/aromatic N) is 8.